The van der Waals surface area contributed by atoms with Gasteiger partial charge in [-0.25, -0.2) is 38.4 Å². The molecular formula is C60H44O16. The van der Waals surface area contributed by atoms with Gasteiger partial charge in [0.05, 0.1) is 101 Å². The summed E-state index contributed by atoms with van der Waals surface area (Å²) in [5.41, 5.74) is 6.90. The van der Waals surface area contributed by atoms with Crippen molar-refractivity contribution in [2.75, 3.05) is 56.9 Å². The Hall–Kier alpha value is -9.44. The van der Waals surface area contributed by atoms with Crippen LogP contribution in [-0.2, 0) is 37.9 Å². The fraction of sp³-hybridized carbons (Fsp3) is 0.200. The molecule has 380 valence electrons. The van der Waals surface area contributed by atoms with Crippen LogP contribution < -0.4 is 0 Å². The first kappa shape index (κ1) is 48.8. The summed E-state index contributed by atoms with van der Waals surface area (Å²) in [5, 5.41) is 4.89. The number of benzene rings is 8. The van der Waals surface area contributed by atoms with Crippen LogP contribution >= 0.6 is 0 Å². The van der Waals surface area contributed by atoms with Crippen molar-refractivity contribution in [3.63, 3.8) is 0 Å². The molecule has 0 fully saturated rings. The van der Waals surface area contributed by atoms with Crippen LogP contribution in [0.2, 0.25) is 0 Å². The van der Waals surface area contributed by atoms with E-state index in [1.54, 1.807) is 48.5 Å². The minimum Gasteiger partial charge on any atom is -0.465 e. The number of carbonyl (C=O) groups excluding carboxylic acids is 8. The maximum absolute atomic E-state index is 13.4. The molecule has 6 aliphatic rings. The van der Waals surface area contributed by atoms with E-state index in [4.69, 9.17) is 37.9 Å². The van der Waals surface area contributed by atoms with E-state index in [0.717, 1.165) is 44.5 Å². The van der Waals surface area contributed by atoms with Crippen molar-refractivity contribution in [2.24, 2.45) is 0 Å². The lowest BCUT2D eigenvalue weighted by molar-refractivity contribution is 0.0555. The van der Waals surface area contributed by atoms with Gasteiger partial charge >= 0.3 is 47.8 Å². The molecule has 16 nitrogen and oxygen atoms in total. The monoisotopic (exact) mass is 1020 g/mol. The van der Waals surface area contributed by atoms with E-state index in [2.05, 4.69) is 0 Å². The first-order chi connectivity index (χ1) is 36.6. The molecule has 8 aromatic rings. The number of methoxy groups -OCH3 is 8. The highest BCUT2D eigenvalue weighted by Crippen LogP contribution is 2.65. The molecule has 0 amide bonds. The third-order valence-corrected chi connectivity index (χ3v) is 15.3. The predicted octanol–water partition coefficient (Wildman–Crippen LogP) is 9.46. The van der Waals surface area contributed by atoms with Crippen LogP contribution in [0, 0.1) is 0 Å². The van der Waals surface area contributed by atoms with Crippen LogP contribution in [0.25, 0.3) is 43.1 Å². The maximum Gasteiger partial charge on any atom is 0.338 e. The third-order valence-electron chi connectivity index (χ3n) is 15.3. The van der Waals surface area contributed by atoms with Gasteiger partial charge in [-0.1, -0.05) is 48.5 Å². The number of rotatable bonds is 8. The highest BCUT2D eigenvalue weighted by molar-refractivity contribution is 6.11. The SMILES string of the molecule is COC(=O)c1cc2cc3c(cc2cc1C(=O)OC)C1c2cc4cc(C(=O)OC)c(C(=O)OC)cc4cc2C3C2c3cc4cc(C(=O)OC)c(C(=O)OC)cc4cc3C1c1cc3cc(C(=O)OC)c(C(=O)OC)cc3cc12. The van der Waals surface area contributed by atoms with Gasteiger partial charge in [-0.15, -0.1) is 0 Å². The fourth-order valence-corrected chi connectivity index (χ4v) is 12.0. The Morgan fingerprint density at radius 2 is 0.316 bits per heavy atom. The first-order valence-corrected chi connectivity index (χ1v) is 23.7. The summed E-state index contributed by atoms with van der Waals surface area (Å²) in [6, 6.07) is 29.0. The van der Waals surface area contributed by atoms with Gasteiger partial charge in [-0.2, -0.15) is 0 Å². The van der Waals surface area contributed by atoms with Crippen LogP contribution in [0.3, 0.4) is 0 Å². The molecular weight excluding hydrogens is 977 g/mol. The fourth-order valence-electron chi connectivity index (χ4n) is 12.0. The minimum absolute atomic E-state index is 0.00318. The summed E-state index contributed by atoms with van der Waals surface area (Å²) < 4.78 is 41.3. The summed E-state index contributed by atoms with van der Waals surface area (Å²) >= 11 is 0. The maximum atomic E-state index is 13.4. The Bertz CT molecular complexity index is 3250. The summed E-state index contributed by atoms with van der Waals surface area (Å²) in [6.45, 7) is 0. The van der Waals surface area contributed by atoms with Crippen LogP contribution in [0.5, 0.6) is 0 Å². The molecule has 16 heteroatoms. The molecule has 6 aliphatic carbocycles. The van der Waals surface area contributed by atoms with Gasteiger partial charge in [0.1, 0.15) is 0 Å². The van der Waals surface area contributed by atoms with Crippen LogP contribution in [-0.4, -0.2) is 105 Å². The molecule has 4 bridgehead atoms. The van der Waals surface area contributed by atoms with E-state index in [0.29, 0.717) is 43.1 Å². The van der Waals surface area contributed by atoms with Crippen molar-refractivity contribution < 1.29 is 76.3 Å². The van der Waals surface area contributed by atoms with Crippen molar-refractivity contribution in [1.29, 1.82) is 0 Å². The molecule has 0 saturated heterocycles. The van der Waals surface area contributed by atoms with Gasteiger partial charge in [-0.05, 0) is 136 Å². The number of ether oxygens (including phenoxy) is 8. The highest BCUT2D eigenvalue weighted by Gasteiger charge is 2.51. The zero-order valence-electron chi connectivity index (χ0n) is 42.1. The number of hydrogen-bond acceptors (Lipinski definition) is 16. The minimum atomic E-state index is -0.746. The highest BCUT2D eigenvalue weighted by atomic mass is 16.5. The molecule has 0 spiro atoms. The van der Waals surface area contributed by atoms with Crippen molar-refractivity contribution >= 4 is 90.8 Å². The predicted molar refractivity (Wildman–Crippen MR) is 274 cm³/mol. The quantitative estimate of drug-likeness (QED) is 0.102. The summed E-state index contributed by atoms with van der Waals surface area (Å²) in [7, 11) is 9.79. The molecule has 0 unspecified atom stereocenters. The van der Waals surface area contributed by atoms with Gasteiger partial charge in [0.25, 0.3) is 0 Å². The Labute approximate surface area is 432 Å². The summed E-state index contributed by atoms with van der Waals surface area (Å²) in [5.74, 6) is -8.37. The molecule has 0 N–H and O–H groups in total. The van der Waals surface area contributed by atoms with Crippen molar-refractivity contribution in [3.05, 3.63) is 186 Å². The normalized spacial score (nSPS) is 16.3. The molecule has 14 rings (SSSR count). The molecule has 0 aromatic heterocycles. The number of hydrogen-bond donors (Lipinski definition) is 0. The second-order valence-corrected chi connectivity index (χ2v) is 18.7. The first-order valence-electron chi connectivity index (χ1n) is 23.7. The number of esters is 8. The van der Waals surface area contributed by atoms with Gasteiger partial charge in [-0.3, -0.25) is 0 Å². The van der Waals surface area contributed by atoms with Gasteiger partial charge in [0, 0.05) is 23.7 Å². The van der Waals surface area contributed by atoms with Crippen molar-refractivity contribution in [3.8, 4) is 0 Å². The molecule has 0 heterocycles. The molecule has 76 heavy (non-hydrogen) atoms. The standard InChI is InChI=1S/C60H44O16/c1-69-53(61)41-17-25-9-33-34(10-26(25)18-42(41)54(62)70-2)50-36-12-28-20-44(56(64)72-4)43(55(63)71-3)19-27(28)11-35(36)49(33)51-37-13-29-21-45(57(65)73-5)47(59(67)75-7)23-31(29)15-39(37)52(50)40-16-32-24-48(60(68)76-8)46(58(66)74-6)22-30(32)14-38(40)51/h9-24,49-52H,1-8H3. The lowest BCUT2D eigenvalue weighted by atomic mass is 9.52. The lowest BCUT2D eigenvalue weighted by Crippen LogP contribution is -2.36. The average Bonchev–Trinajstić information content (AvgIpc) is 3.44. The topological polar surface area (TPSA) is 210 Å². The molecule has 0 saturated carbocycles. The number of fused-ring (bicyclic) bond motifs is 4. The lowest BCUT2D eigenvalue weighted by Gasteiger charge is -2.50. The second-order valence-electron chi connectivity index (χ2n) is 18.7. The van der Waals surface area contributed by atoms with Crippen LogP contribution in [0.15, 0.2) is 97.1 Å². The van der Waals surface area contributed by atoms with Gasteiger partial charge in [0.15, 0.2) is 0 Å². The van der Waals surface area contributed by atoms with Crippen molar-refractivity contribution in [1.82, 2.24) is 0 Å². The van der Waals surface area contributed by atoms with E-state index in [9.17, 15) is 38.4 Å². The van der Waals surface area contributed by atoms with Crippen molar-refractivity contribution in [2.45, 2.75) is 23.7 Å². The summed E-state index contributed by atoms with van der Waals surface area (Å²) in [6.07, 6.45) is 0. The Balaban J connectivity index is 1.31. The molecule has 8 aromatic carbocycles. The zero-order valence-corrected chi connectivity index (χ0v) is 42.1. The summed E-state index contributed by atoms with van der Waals surface area (Å²) in [4.78, 5) is 107. The van der Waals surface area contributed by atoms with E-state index < -0.39 is 71.4 Å². The van der Waals surface area contributed by atoms with E-state index in [1.165, 1.54) is 56.9 Å². The molecule has 0 radical (unpaired) electrons. The largest absolute Gasteiger partial charge is 0.465 e. The smallest absolute Gasteiger partial charge is 0.338 e. The van der Waals surface area contributed by atoms with E-state index in [-0.39, 0.29) is 44.5 Å². The molecule has 0 aliphatic heterocycles. The van der Waals surface area contributed by atoms with E-state index >= 15 is 0 Å². The number of carbonyl (C=O) groups is 8. The van der Waals surface area contributed by atoms with Crippen LogP contribution in [0.1, 0.15) is 151 Å². The van der Waals surface area contributed by atoms with Gasteiger partial charge in [0.2, 0.25) is 0 Å². The Kier molecular flexibility index (Phi) is 11.7. The van der Waals surface area contributed by atoms with Gasteiger partial charge < -0.3 is 37.9 Å². The molecule has 0 atom stereocenters. The third kappa shape index (κ3) is 7.18. The second kappa shape index (κ2) is 18.2. The zero-order chi connectivity index (χ0) is 53.8. The van der Waals surface area contributed by atoms with E-state index in [1.807, 2.05) is 48.5 Å². The Morgan fingerprint density at radius 1 is 0.211 bits per heavy atom. The average molecular weight is 1020 g/mol. The Morgan fingerprint density at radius 3 is 0.408 bits per heavy atom. The van der Waals surface area contributed by atoms with Crippen LogP contribution in [0.4, 0.5) is 0 Å².